The summed E-state index contributed by atoms with van der Waals surface area (Å²) in [5, 5.41) is 7.80. The second-order valence-corrected chi connectivity index (χ2v) is 11.0. The molecule has 2 aromatic carbocycles. The van der Waals surface area contributed by atoms with Crippen molar-refractivity contribution in [2.24, 2.45) is 15.9 Å². The van der Waals surface area contributed by atoms with Crippen LogP contribution in [0.1, 0.15) is 17.5 Å². The van der Waals surface area contributed by atoms with Gasteiger partial charge in [-0.25, -0.2) is 4.99 Å². The lowest BCUT2D eigenvalue weighted by Crippen LogP contribution is -2.43. The summed E-state index contributed by atoms with van der Waals surface area (Å²) >= 11 is 6.58. The van der Waals surface area contributed by atoms with E-state index < -0.39 is 0 Å². The molecule has 8 nitrogen and oxygen atoms in total. The van der Waals surface area contributed by atoms with Gasteiger partial charge in [-0.3, -0.25) is 9.89 Å². The second-order valence-electron chi connectivity index (χ2n) is 10.6. The van der Waals surface area contributed by atoms with Gasteiger partial charge in [-0.15, -0.1) is 0 Å². The van der Waals surface area contributed by atoms with Gasteiger partial charge in [-0.05, 0) is 43.0 Å². The highest BCUT2D eigenvalue weighted by Gasteiger charge is 2.26. The van der Waals surface area contributed by atoms with Gasteiger partial charge in [0.1, 0.15) is 18.2 Å². The number of hydrogen-bond donors (Lipinski definition) is 2. The summed E-state index contributed by atoms with van der Waals surface area (Å²) in [6, 6.07) is 10.4. The minimum absolute atomic E-state index is 0.312. The minimum atomic E-state index is 0.312. The molecule has 4 aliphatic rings. The van der Waals surface area contributed by atoms with Crippen LogP contribution in [-0.2, 0) is 11.2 Å². The Morgan fingerprint density at radius 1 is 1.13 bits per heavy atom. The van der Waals surface area contributed by atoms with E-state index in [4.69, 9.17) is 26.1 Å². The van der Waals surface area contributed by atoms with Crippen molar-refractivity contribution >= 4 is 40.7 Å². The number of piperazine rings is 1. The predicted octanol–water partition coefficient (Wildman–Crippen LogP) is 4.44. The van der Waals surface area contributed by atoms with Crippen LogP contribution in [0.5, 0.6) is 5.75 Å². The molecule has 4 heterocycles. The maximum absolute atomic E-state index is 6.58. The summed E-state index contributed by atoms with van der Waals surface area (Å²) in [5.74, 6) is 2.02. The molecule has 0 spiro atoms. The predicted molar refractivity (Wildman–Crippen MR) is 160 cm³/mol. The van der Waals surface area contributed by atoms with Crippen molar-refractivity contribution in [1.29, 1.82) is 0 Å². The van der Waals surface area contributed by atoms with Gasteiger partial charge in [-0.1, -0.05) is 23.7 Å². The third kappa shape index (κ3) is 6.14. The number of rotatable bonds is 6. The first kappa shape index (κ1) is 26.3. The van der Waals surface area contributed by atoms with Crippen LogP contribution in [0.25, 0.3) is 0 Å². The molecule has 0 amide bonds. The van der Waals surface area contributed by atoms with Crippen molar-refractivity contribution in [2.45, 2.75) is 19.8 Å². The van der Waals surface area contributed by atoms with E-state index in [1.807, 2.05) is 31.3 Å². The number of anilines is 2. The van der Waals surface area contributed by atoms with Crippen molar-refractivity contribution in [3.63, 3.8) is 0 Å². The molecule has 2 fully saturated rings. The molecule has 0 radical (unpaired) electrons. The van der Waals surface area contributed by atoms with E-state index in [9.17, 15) is 0 Å². The lowest BCUT2D eigenvalue weighted by Gasteiger charge is -2.33. The zero-order chi connectivity index (χ0) is 26.6. The lowest BCUT2D eigenvalue weighted by molar-refractivity contribution is 0.0323. The minimum Gasteiger partial charge on any atom is -0.490 e. The van der Waals surface area contributed by atoms with Crippen LogP contribution in [0, 0.1) is 12.8 Å². The molecule has 1 unspecified atom stereocenters. The summed E-state index contributed by atoms with van der Waals surface area (Å²) in [7, 11) is 0. The number of hydrogen-bond acceptors (Lipinski definition) is 7. The molecule has 2 N–H and O–H groups in total. The monoisotopic (exact) mass is 548 g/mol. The van der Waals surface area contributed by atoms with E-state index in [-0.39, 0.29) is 0 Å². The molecule has 9 heteroatoms. The molecule has 1 atom stereocenters. The number of halogens is 1. The fraction of sp³-hybridized carbons (Fsp3) is 0.467. The van der Waals surface area contributed by atoms with E-state index in [1.165, 1.54) is 11.3 Å². The smallest absolute Gasteiger partial charge is 0.144 e. The first-order valence-corrected chi connectivity index (χ1v) is 14.4. The van der Waals surface area contributed by atoms with E-state index in [2.05, 4.69) is 43.8 Å². The van der Waals surface area contributed by atoms with Crippen molar-refractivity contribution in [2.75, 3.05) is 75.9 Å². The average Bonchev–Trinajstić information content (AvgIpc) is 2.96. The fourth-order valence-electron chi connectivity index (χ4n) is 5.67. The molecule has 2 aromatic rings. The number of amidine groups is 1. The van der Waals surface area contributed by atoms with Crippen LogP contribution in [0.4, 0.5) is 17.1 Å². The Labute approximate surface area is 235 Å². The van der Waals surface area contributed by atoms with E-state index in [0.717, 1.165) is 106 Å². The summed E-state index contributed by atoms with van der Waals surface area (Å²) in [6.45, 7) is 10.9. The number of benzene rings is 2. The molecule has 0 aliphatic carbocycles. The van der Waals surface area contributed by atoms with Crippen molar-refractivity contribution in [3.8, 4) is 5.75 Å². The summed E-state index contributed by atoms with van der Waals surface area (Å²) in [5.41, 5.74) is 6.37. The number of fused-ring (bicyclic) bond motifs is 3. The first-order valence-electron chi connectivity index (χ1n) is 14.0. The van der Waals surface area contributed by atoms with Gasteiger partial charge in [0.2, 0.25) is 0 Å². The Hall–Kier alpha value is -2.91. The topological polar surface area (TPSA) is 73.7 Å². The molecule has 0 aromatic heterocycles. The Morgan fingerprint density at radius 2 is 1.97 bits per heavy atom. The molecule has 39 heavy (non-hydrogen) atoms. The number of morpholine rings is 1. The Bertz CT molecular complexity index is 1260. The molecule has 0 saturated carbocycles. The van der Waals surface area contributed by atoms with Crippen molar-refractivity contribution < 1.29 is 9.47 Å². The zero-order valence-electron chi connectivity index (χ0n) is 22.6. The van der Waals surface area contributed by atoms with Crippen LogP contribution in [0.15, 0.2) is 52.1 Å². The average molecular weight is 549 g/mol. The summed E-state index contributed by atoms with van der Waals surface area (Å²) < 4.78 is 12.0. The van der Waals surface area contributed by atoms with E-state index in [0.29, 0.717) is 17.5 Å². The fourth-order valence-corrected chi connectivity index (χ4v) is 5.93. The van der Waals surface area contributed by atoms with Crippen molar-refractivity contribution in [3.05, 3.63) is 58.3 Å². The van der Waals surface area contributed by atoms with Gasteiger partial charge in [0, 0.05) is 81.5 Å². The molecule has 206 valence electrons. The van der Waals surface area contributed by atoms with Gasteiger partial charge in [0.05, 0.1) is 29.6 Å². The Kier molecular flexibility index (Phi) is 8.16. The Morgan fingerprint density at radius 3 is 2.79 bits per heavy atom. The molecule has 6 rings (SSSR count). The van der Waals surface area contributed by atoms with Gasteiger partial charge in [0.15, 0.2) is 0 Å². The third-order valence-corrected chi connectivity index (χ3v) is 8.18. The van der Waals surface area contributed by atoms with Gasteiger partial charge in [-0.2, -0.15) is 0 Å². The number of aryl methyl sites for hydroxylation is 1. The largest absolute Gasteiger partial charge is 0.490 e. The van der Waals surface area contributed by atoms with Crippen LogP contribution in [-0.4, -0.2) is 82.6 Å². The number of nitrogens with zero attached hydrogens (tertiary/aromatic N) is 4. The third-order valence-electron chi connectivity index (χ3n) is 7.87. The summed E-state index contributed by atoms with van der Waals surface area (Å²) in [6.07, 6.45) is 5.80. The SMILES string of the molecule is Cc1cccc(Cl)c1N=C1Nc2cc(OCCN3CCOCC3)c(N3CCNCC3)cc2CC2C=NC=C1C2. The maximum Gasteiger partial charge on any atom is 0.144 e. The number of nitrogens with one attached hydrogen (secondary N) is 2. The molecule has 4 aliphatic heterocycles. The molecular formula is C30H37ClN6O2. The first-order chi connectivity index (χ1) is 19.1. The van der Waals surface area contributed by atoms with Gasteiger partial charge < -0.3 is 25.0 Å². The van der Waals surface area contributed by atoms with Crippen molar-refractivity contribution in [1.82, 2.24) is 10.2 Å². The summed E-state index contributed by atoms with van der Waals surface area (Å²) in [4.78, 5) is 14.5. The highest BCUT2D eigenvalue weighted by molar-refractivity contribution is 6.33. The quantitative estimate of drug-likeness (QED) is 0.556. The normalized spacial score (nSPS) is 22.5. The molecular weight excluding hydrogens is 512 g/mol. The standard InChI is InChI=1S/C30H37ClN6O2/c1-21-3-2-4-25(31)29(21)35-30-24-16-22(19-33-20-24)15-23-17-27(37-7-5-32-6-8-37)28(18-26(23)34-30)39-14-11-36-9-12-38-13-10-36/h2-4,17-20,22,32H,5-16H2,1H3,(H,34,35). The van der Waals surface area contributed by atoms with Gasteiger partial charge >= 0.3 is 0 Å². The maximum atomic E-state index is 6.58. The van der Waals surface area contributed by atoms with Crippen LogP contribution in [0.3, 0.4) is 0 Å². The number of aliphatic imine (C=N–C) groups is 2. The van der Waals surface area contributed by atoms with Crippen LogP contribution in [0.2, 0.25) is 5.02 Å². The van der Waals surface area contributed by atoms with Crippen LogP contribution < -0.4 is 20.3 Å². The van der Waals surface area contributed by atoms with E-state index in [1.54, 1.807) is 0 Å². The molecule has 2 saturated heterocycles. The zero-order valence-corrected chi connectivity index (χ0v) is 23.3. The number of para-hydroxylation sites is 1. The number of ether oxygens (including phenoxy) is 2. The molecule has 2 bridgehead atoms. The lowest BCUT2D eigenvalue weighted by atomic mass is 9.88. The highest BCUT2D eigenvalue weighted by atomic mass is 35.5. The second kappa shape index (κ2) is 12.1. The van der Waals surface area contributed by atoms with E-state index >= 15 is 0 Å². The van der Waals surface area contributed by atoms with Crippen LogP contribution >= 0.6 is 11.6 Å². The highest BCUT2D eigenvalue weighted by Crippen LogP contribution is 2.39. The van der Waals surface area contributed by atoms with Gasteiger partial charge in [0.25, 0.3) is 0 Å². The Balaban J connectivity index is 1.36.